The third kappa shape index (κ3) is 2.75. The summed E-state index contributed by atoms with van der Waals surface area (Å²) in [5.41, 5.74) is 3.37. The van der Waals surface area contributed by atoms with Crippen LogP contribution in [0.25, 0.3) is 6.08 Å². The van der Waals surface area contributed by atoms with Gasteiger partial charge in [-0.05, 0) is 42.0 Å². The van der Waals surface area contributed by atoms with E-state index in [0.29, 0.717) is 11.1 Å². The van der Waals surface area contributed by atoms with Crippen molar-refractivity contribution in [1.82, 2.24) is 0 Å². The first kappa shape index (κ1) is 20.6. The fourth-order valence-electron chi connectivity index (χ4n) is 5.27. The molecule has 158 valence electrons. The van der Waals surface area contributed by atoms with Crippen LogP contribution >= 0.6 is 0 Å². The Labute approximate surface area is 176 Å². The van der Waals surface area contributed by atoms with Gasteiger partial charge in [-0.2, -0.15) is 5.26 Å². The summed E-state index contributed by atoms with van der Waals surface area (Å²) in [4.78, 5) is 63.3. The first-order valence-electron chi connectivity index (χ1n) is 9.71. The molecule has 4 N–H and O–H groups in total. The number of hydrogen-bond donors (Lipinski definition) is 3. The summed E-state index contributed by atoms with van der Waals surface area (Å²) < 4.78 is 0. The van der Waals surface area contributed by atoms with Crippen LogP contribution in [0.5, 0.6) is 5.75 Å². The van der Waals surface area contributed by atoms with Gasteiger partial charge in [-0.3, -0.25) is 24.0 Å². The number of fused-ring (bicyclic) bond motifs is 3. The molecule has 31 heavy (non-hydrogen) atoms. The van der Waals surface area contributed by atoms with Crippen LogP contribution in [0.4, 0.5) is 0 Å². The molecule has 0 bridgehead atoms. The van der Waals surface area contributed by atoms with E-state index in [-0.39, 0.29) is 30.6 Å². The van der Waals surface area contributed by atoms with Crippen molar-refractivity contribution in [3.05, 3.63) is 34.9 Å². The molecule has 9 heteroatoms. The van der Waals surface area contributed by atoms with Gasteiger partial charge in [0.25, 0.3) is 0 Å². The maximum atomic E-state index is 13.3. The van der Waals surface area contributed by atoms with E-state index in [9.17, 15) is 34.2 Å². The lowest BCUT2D eigenvalue weighted by Gasteiger charge is -2.48. The number of Topliss-reactive ketones (excluding diaryl/α,β-unsaturated/α-hetero) is 4. The number of aliphatic hydroxyl groups is 1. The standard InChI is InChI=1S/C22H18N2O7/c23-5-1-2-9-3-4-13(25)16-12(9)7-10-6-11-8-14(26)17(21(24)30)20(29)22(11,31)19(28)15(10)18(16)27/h1-4,10-11,15,17,25,31H,6-8H2,(H2,24,30)/t10-,11+,15?,17?,22+/m1/s1. The van der Waals surface area contributed by atoms with E-state index in [0.717, 1.165) is 0 Å². The number of phenolic OH excluding ortho intramolecular Hbond substituents is 1. The molecule has 0 heterocycles. The van der Waals surface area contributed by atoms with Gasteiger partial charge in [-0.15, -0.1) is 0 Å². The highest BCUT2D eigenvalue weighted by Crippen LogP contribution is 2.50. The Bertz CT molecular complexity index is 1150. The van der Waals surface area contributed by atoms with Crippen LogP contribution in [-0.2, 0) is 25.6 Å². The van der Waals surface area contributed by atoms with Crippen LogP contribution < -0.4 is 5.73 Å². The number of benzene rings is 1. The van der Waals surface area contributed by atoms with Crippen molar-refractivity contribution in [2.24, 2.45) is 29.4 Å². The number of ketones is 4. The molecule has 4 rings (SSSR count). The van der Waals surface area contributed by atoms with Crippen molar-refractivity contribution in [3.63, 3.8) is 0 Å². The molecule has 2 saturated carbocycles. The molecular formula is C22H18N2O7. The van der Waals surface area contributed by atoms with Gasteiger partial charge in [0.2, 0.25) is 5.91 Å². The first-order valence-corrected chi connectivity index (χ1v) is 9.71. The van der Waals surface area contributed by atoms with Gasteiger partial charge < -0.3 is 15.9 Å². The molecule has 5 atom stereocenters. The van der Waals surface area contributed by atoms with E-state index in [2.05, 4.69) is 0 Å². The predicted octanol–water partition coefficient (Wildman–Crippen LogP) is -0.136. The molecule has 1 amide bonds. The Balaban J connectivity index is 1.82. The van der Waals surface area contributed by atoms with Crippen molar-refractivity contribution in [2.45, 2.75) is 24.9 Å². The summed E-state index contributed by atoms with van der Waals surface area (Å²) in [5.74, 6) is -10.4. The van der Waals surface area contributed by atoms with Crippen LogP contribution in [0.2, 0.25) is 0 Å². The number of aromatic hydroxyl groups is 1. The molecule has 0 aliphatic heterocycles. The number of nitrogens with zero attached hydrogens (tertiary/aromatic N) is 1. The van der Waals surface area contributed by atoms with E-state index in [4.69, 9.17) is 11.0 Å². The topological polar surface area (TPSA) is 176 Å². The highest BCUT2D eigenvalue weighted by atomic mass is 16.3. The average molecular weight is 422 g/mol. The fourth-order valence-corrected chi connectivity index (χ4v) is 5.27. The summed E-state index contributed by atoms with van der Waals surface area (Å²) in [6, 6.07) is 4.66. The smallest absolute Gasteiger partial charge is 0.235 e. The van der Waals surface area contributed by atoms with Crippen molar-refractivity contribution in [3.8, 4) is 11.8 Å². The minimum Gasteiger partial charge on any atom is -0.507 e. The number of carbonyl (C=O) groups is 5. The Kier molecular flexibility index (Phi) is 4.63. The predicted molar refractivity (Wildman–Crippen MR) is 103 cm³/mol. The Hall–Kier alpha value is -3.64. The van der Waals surface area contributed by atoms with Crippen molar-refractivity contribution in [1.29, 1.82) is 5.26 Å². The SMILES string of the molecule is N#CC=Cc1ccc(O)c2c1C[C@H]1C[C@H]3CC(=O)C(C(N)=O)C(=O)[C@@]3(O)C(=O)C1C2=O. The molecule has 0 saturated heterocycles. The number of phenols is 1. The largest absolute Gasteiger partial charge is 0.507 e. The van der Waals surface area contributed by atoms with E-state index < -0.39 is 58.3 Å². The molecule has 3 aliphatic rings. The molecule has 9 nitrogen and oxygen atoms in total. The molecule has 2 fully saturated rings. The quantitative estimate of drug-likeness (QED) is 0.436. The zero-order valence-corrected chi connectivity index (χ0v) is 16.2. The molecule has 0 aromatic heterocycles. The van der Waals surface area contributed by atoms with E-state index in [1.807, 2.05) is 6.07 Å². The van der Waals surface area contributed by atoms with E-state index in [1.54, 1.807) is 6.07 Å². The molecule has 1 aromatic carbocycles. The maximum absolute atomic E-state index is 13.3. The highest BCUT2D eigenvalue weighted by molar-refractivity contribution is 6.31. The fraction of sp³-hybridized carbons (Fsp3) is 0.364. The lowest BCUT2D eigenvalue weighted by Crippen LogP contribution is -2.68. The molecule has 2 unspecified atom stereocenters. The minimum absolute atomic E-state index is 0.0259. The van der Waals surface area contributed by atoms with E-state index >= 15 is 0 Å². The first-order chi connectivity index (χ1) is 14.6. The molecule has 3 aliphatic carbocycles. The number of hydrogen-bond acceptors (Lipinski definition) is 8. The number of nitrogens with two attached hydrogens (primary N) is 1. The second kappa shape index (κ2) is 6.96. The minimum atomic E-state index is -2.66. The zero-order chi connectivity index (χ0) is 22.7. The van der Waals surface area contributed by atoms with Crippen LogP contribution in [0.1, 0.15) is 34.3 Å². The average Bonchev–Trinajstić information content (AvgIpc) is 2.70. The maximum Gasteiger partial charge on any atom is 0.235 e. The van der Waals surface area contributed by atoms with Gasteiger partial charge in [0.1, 0.15) is 5.75 Å². The van der Waals surface area contributed by atoms with Crippen LogP contribution in [0.15, 0.2) is 18.2 Å². The van der Waals surface area contributed by atoms with Crippen LogP contribution in [-0.4, -0.2) is 44.9 Å². The summed E-state index contributed by atoms with van der Waals surface area (Å²) in [6.45, 7) is 0. The normalized spacial score (nSPS) is 32.3. The number of carbonyl (C=O) groups excluding carboxylic acids is 5. The molecule has 1 aromatic rings. The zero-order valence-electron chi connectivity index (χ0n) is 16.2. The molecular weight excluding hydrogens is 404 g/mol. The van der Waals surface area contributed by atoms with Crippen molar-refractivity contribution >= 4 is 35.1 Å². The van der Waals surface area contributed by atoms with Gasteiger partial charge >= 0.3 is 0 Å². The number of amides is 1. The molecule has 0 spiro atoms. The third-order valence-electron chi connectivity index (χ3n) is 6.66. The number of allylic oxidation sites excluding steroid dienone is 1. The lowest BCUT2D eigenvalue weighted by molar-refractivity contribution is -0.175. The highest BCUT2D eigenvalue weighted by Gasteiger charge is 2.66. The van der Waals surface area contributed by atoms with Gasteiger partial charge in [0, 0.05) is 18.4 Å². The van der Waals surface area contributed by atoms with Gasteiger partial charge in [0.05, 0.1) is 17.6 Å². The van der Waals surface area contributed by atoms with Gasteiger partial charge in [0.15, 0.2) is 34.7 Å². The van der Waals surface area contributed by atoms with Gasteiger partial charge in [-0.1, -0.05) is 6.07 Å². The van der Waals surface area contributed by atoms with Gasteiger partial charge in [-0.25, -0.2) is 0 Å². The Morgan fingerprint density at radius 3 is 2.55 bits per heavy atom. The van der Waals surface area contributed by atoms with Crippen molar-refractivity contribution < 1.29 is 34.2 Å². The monoisotopic (exact) mass is 422 g/mol. The lowest BCUT2D eigenvalue weighted by atomic mass is 9.53. The van der Waals surface area contributed by atoms with E-state index in [1.165, 1.54) is 18.2 Å². The Morgan fingerprint density at radius 2 is 1.90 bits per heavy atom. The number of nitriles is 1. The third-order valence-corrected chi connectivity index (χ3v) is 6.66. The van der Waals surface area contributed by atoms with Crippen molar-refractivity contribution in [2.75, 3.05) is 0 Å². The van der Waals surface area contributed by atoms with Crippen LogP contribution in [0, 0.1) is 35.0 Å². The number of primary amides is 1. The Morgan fingerprint density at radius 1 is 1.19 bits per heavy atom. The second-order valence-electron chi connectivity index (χ2n) is 8.23. The molecule has 0 radical (unpaired) electrons. The summed E-state index contributed by atoms with van der Waals surface area (Å²) >= 11 is 0. The summed E-state index contributed by atoms with van der Waals surface area (Å²) in [7, 11) is 0. The van der Waals surface area contributed by atoms with Crippen LogP contribution in [0.3, 0.4) is 0 Å². The number of rotatable bonds is 2. The second-order valence-corrected chi connectivity index (χ2v) is 8.23. The summed E-state index contributed by atoms with van der Waals surface area (Å²) in [5, 5.41) is 30.2. The summed E-state index contributed by atoms with van der Waals surface area (Å²) in [6.07, 6.45) is 2.52.